The number of benzene rings is 2. The van der Waals surface area contributed by atoms with Crippen molar-refractivity contribution in [1.82, 2.24) is 0 Å². The average Bonchev–Trinajstić information content (AvgIpc) is 3.03. The lowest BCUT2D eigenvalue weighted by Crippen LogP contribution is -2.45. The third-order valence-corrected chi connectivity index (χ3v) is 5.52. The van der Waals surface area contributed by atoms with Crippen LogP contribution in [0.5, 0.6) is 0 Å². The maximum atomic E-state index is 15.1. The summed E-state index contributed by atoms with van der Waals surface area (Å²) >= 11 is 0.464. The van der Waals surface area contributed by atoms with E-state index in [2.05, 4.69) is 0 Å². The van der Waals surface area contributed by atoms with Crippen LogP contribution >= 0.6 is 11.8 Å². The van der Waals surface area contributed by atoms with E-state index in [1.807, 2.05) is 42.5 Å². The predicted octanol–water partition coefficient (Wildman–Crippen LogP) is 5.94. The van der Waals surface area contributed by atoms with Crippen molar-refractivity contribution in [2.75, 3.05) is 0 Å². The minimum atomic E-state index is -3.19. The van der Waals surface area contributed by atoms with Crippen molar-refractivity contribution in [2.45, 2.75) is 41.4 Å². The molecule has 0 N–H and O–H groups in total. The van der Waals surface area contributed by atoms with Crippen LogP contribution in [0.3, 0.4) is 0 Å². The molecular formula is C21H20F2O2S. The van der Waals surface area contributed by atoms with E-state index in [4.69, 9.17) is 4.74 Å². The van der Waals surface area contributed by atoms with Crippen molar-refractivity contribution >= 4 is 23.8 Å². The quantitative estimate of drug-likeness (QED) is 0.443. The largest absolute Gasteiger partial charge is 0.452 e. The van der Waals surface area contributed by atoms with E-state index in [-0.39, 0.29) is 19.3 Å². The summed E-state index contributed by atoms with van der Waals surface area (Å²) in [6, 6.07) is 18.1. The van der Waals surface area contributed by atoms with Crippen molar-refractivity contribution in [3.8, 4) is 0 Å². The third kappa shape index (κ3) is 4.33. The highest BCUT2D eigenvalue weighted by Crippen LogP contribution is 2.52. The molecule has 0 spiro atoms. The van der Waals surface area contributed by atoms with Crippen LogP contribution in [0, 0.1) is 0 Å². The van der Waals surface area contributed by atoms with E-state index in [1.165, 1.54) is 0 Å². The summed E-state index contributed by atoms with van der Waals surface area (Å²) in [7, 11) is 0. The zero-order valence-corrected chi connectivity index (χ0v) is 15.1. The van der Waals surface area contributed by atoms with Crippen molar-refractivity contribution in [2.24, 2.45) is 0 Å². The van der Waals surface area contributed by atoms with Gasteiger partial charge in [-0.1, -0.05) is 60.7 Å². The van der Waals surface area contributed by atoms with Gasteiger partial charge in [0.25, 0.3) is 0 Å². The molecular weight excluding hydrogens is 354 g/mol. The number of cyclic esters (lactones) is 1. The molecule has 1 fully saturated rings. The molecule has 1 aliphatic heterocycles. The molecule has 2 nitrogen and oxygen atoms in total. The van der Waals surface area contributed by atoms with Crippen LogP contribution in [-0.2, 0) is 9.53 Å². The Morgan fingerprint density at radius 1 is 1.08 bits per heavy atom. The van der Waals surface area contributed by atoms with Crippen molar-refractivity contribution in [1.29, 1.82) is 0 Å². The molecule has 1 heterocycles. The van der Waals surface area contributed by atoms with Gasteiger partial charge in [-0.05, 0) is 42.3 Å². The van der Waals surface area contributed by atoms with Gasteiger partial charge in [0.05, 0.1) is 0 Å². The summed E-state index contributed by atoms with van der Waals surface area (Å²) in [6.07, 6.45) is 4.33. The Bertz CT molecular complexity index is 762. The molecule has 5 heteroatoms. The molecule has 2 aromatic rings. The second-order valence-corrected chi connectivity index (χ2v) is 7.44. The Hall–Kier alpha value is -2.14. The van der Waals surface area contributed by atoms with E-state index < -0.39 is 16.8 Å². The summed E-state index contributed by atoms with van der Waals surface area (Å²) in [5.41, 5.74) is -0.749. The van der Waals surface area contributed by atoms with Gasteiger partial charge in [-0.3, -0.25) is 4.79 Å². The first-order chi connectivity index (χ1) is 12.5. The second-order valence-electron chi connectivity index (χ2n) is 6.25. The Labute approximate surface area is 156 Å². The molecule has 1 unspecified atom stereocenters. The Balaban J connectivity index is 1.71. The van der Waals surface area contributed by atoms with E-state index in [1.54, 1.807) is 30.3 Å². The average molecular weight is 374 g/mol. The highest BCUT2D eigenvalue weighted by atomic mass is 32.2. The minimum absolute atomic E-state index is 0.0351. The van der Waals surface area contributed by atoms with Crippen LogP contribution in [0.25, 0.3) is 6.08 Å². The van der Waals surface area contributed by atoms with Crippen LogP contribution in [0.4, 0.5) is 8.78 Å². The van der Waals surface area contributed by atoms with Crippen molar-refractivity contribution in [3.63, 3.8) is 0 Å². The van der Waals surface area contributed by atoms with Gasteiger partial charge in [-0.15, -0.1) is 0 Å². The first-order valence-corrected chi connectivity index (χ1v) is 9.38. The van der Waals surface area contributed by atoms with Gasteiger partial charge in [-0.25, -0.2) is 0 Å². The molecule has 26 heavy (non-hydrogen) atoms. The maximum absolute atomic E-state index is 15.1. The number of allylic oxidation sites excluding steroid dienone is 1. The lowest BCUT2D eigenvalue weighted by atomic mass is 9.94. The normalized spacial score (nSPS) is 20.5. The summed E-state index contributed by atoms with van der Waals surface area (Å²) in [6.45, 7) is 0. The van der Waals surface area contributed by atoms with Crippen molar-refractivity contribution < 1.29 is 18.3 Å². The molecule has 136 valence electrons. The summed E-state index contributed by atoms with van der Waals surface area (Å²) in [4.78, 5) is 12.1. The molecule has 0 aliphatic carbocycles. The fourth-order valence-corrected chi connectivity index (χ4v) is 4.00. The first-order valence-electron chi connectivity index (χ1n) is 8.56. The number of rotatable bonds is 7. The van der Waals surface area contributed by atoms with Crippen LogP contribution < -0.4 is 0 Å². The predicted molar refractivity (Wildman–Crippen MR) is 100 cm³/mol. The number of esters is 1. The van der Waals surface area contributed by atoms with Gasteiger partial charge >= 0.3 is 11.2 Å². The van der Waals surface area contributed by atoms with E-state index in [0.29, 0.717) is 23.1 Å². The van der Waals surface area contributed by atoms with E-state index >= 15 is 8.78 Å². The number of alkyl halides is 2. The Morgan fingerprint density at radius 3 is 2.35 bits per heavy atom. The molecule has 1 aliphatic rings. The molecule has 0 amide bonds. The van der Waals surface area contributed by atoms with Gasteiger partial charge in [-0.2, -0.15) is 8.78 Å². The highest BCUT2D eigenvalue weighted by molar-refractivity contribution is 8.00. The number of halogens is 2. The highest BCUT2D eigenvalue weighted by Gasteiger charge is 2.59. The number of thioether (sulfide) groups is 1. The zero-order chi connectivity index (χ0) is 18.5. The SMILES string of the molecule is O=C1CCC(CC/C=C/c2ccccc2)(C(F)(F)Sc2ccccc2)O1. The zero-order valence-electron chi connectivity index (χ0n) is 14.2. The third-order valence-electron chi connectivity index (χ3n) is 4.39. The summed E-state index contributed by atoms with van der Waals surface area (Å²) < 4.78 is 35.3. The van der Waals surface area contributed by atoms with Crippen molar-refractivity contribution in [3.05, 3.63) is 72.3 Å². The van der Waals surface area contributed by atoms with E-state index in [0.717, 1.165) is 5.56 Å². The maximum Gasteiger partial charge on any atom is 0.337 e. The van der Waals surface area contributed by atoms with Gasteiger partial charge in [0.1, 0.15) is 0 Å². The molecule has 0 saturated carbocycles. The molecule has 1 saturated heterocycles. The molecule has 0 radical (unpaired) electrons. The van der Waals surface area contributed by atoms with Crippen LogP contribution in [-0.4, -0.2) is 16.8 Å². The van der Waals surface area contributed by atoms with Gasteiger partial charge in [0, 0.05) is 17.7 Å². The molecule has 0 aromatic heterocycles. The number of hydrogen-bond donors (Lipinski definition) is 0. The Morgan fingerprint density at radius 2 is 1.73 bits per heavy atom. The Kier molecular flexibility index (Phi) is 5.77. The lowest BCUT2D eigenvalue weighted by molar-refractivity contribution is -0.170. The van der Waals surface area contributed by atoms with Crippen LogP contribution in [0.2, 0.25) is 0 Å². The monoisotopic (exact) mass is 374 g/mol. The molecule has 1 atom stereocenters. The lowest BCUT2D eigenvalue weighted by Gasteiger charge is -2.34. The summed E-state index contributed by atoms with van der Waals surface area (Å²) in [5, 5.41) is -3.19. The number of hydrogen-bond acceptors (Lipinski definition) is 3. The van der Waals surface area contributed by atoms with Crippen LogP contribution in [0.15, 0.2) is 71.6 Å². The van der Waals surface area contributed by atoms with Crippen LogP contribution in [0.1, 0.15) is 31.2 Å². The van der Waals surface area contributed by atoms with E-state index in [9.17, 15) is 4.79 Å². The standard InChI is InChI=1S/C21H20F2O2S/c22-21(23,26-18-12-5-2-6-13-18)20(16-14-19(24)25-20)15-8-7-11-17-9-3-1-4-10-17/h1-7,9-13H,8,14-16H2/b11-7+. The first kappa shape index (κ1) is 18.6. The smallest absolute Gasteiger partial charge is 0.337 e. The van der Waals surface area contributed by atoms with Gasteiger partial charge < -0.3 is 4.74 Å². The number of ether oxygens (including phenoxy) is 1. The number of carbonyl (C=O) groups is 1. The fourth-order valence-electron chi connectivity index (χ4n) is 2.98. The second kappa shape index (κ2) is 8.04. The van der Waals surface area contributed by atoms with Gasteiger partial charge in [0.15, 0.2) is 5.60 Å². The molecule has 0 bridgehead atoms. The molecule has 3 rings (SSSR count). The minimum Gasteiger partial charge on any atom is -0.452 e. The number of carbonyl (C=O) groups excluding carboxylic acids is 1. The molecule has 2 aromatic carbocycles. The fraction of sp³-hybridized carbons (Fsp3) is 0.286. The van der Waals surface area contributed by atoms with Gasteiger partial charge in [0.2, 0.25) is 0 Å². The topological polar surface area (TPSA) is 26.3 Å². The summed E-state index contributed by atoms with van der Waals surface area (Å²) in [5.74, 6) is -0.551.